The maximum absolute atomic E-state index is 11.7. The summed E-state index contributed by atoms with van der Waals surface area (Å²) in [6.45, 7) is 5.85. The van der Waals surface area contributed by atoms with Crippen LogP contribution in [0.4, 0.5) is 0 Å². The Morgan fingerprint density at radius 1 is 1.09 bits per heavy atom. The fraction of sp³-hybridized carbons (Fsp3) is 0.440. The monoisotopic (exact) mass is 550 g/mol. The lowest BCUT2D eigenvalue weighted by molar-refractivity contribution is -0.121. The van der Waals surface area contributed by atoms with Gasteiger partial charge in [-0.25, -0.2) is 4.99 Å². The number of nitrogens with zero attached hydrogens (tertiary/aromatic N) is 2. The van der Waals surface area contributed by atoms with E-state index in [0.29, 0.717) is 25.5 Å². The molecule has 0 spiro atoms. The first-order valence-electron chi connectivity index (χ1n) is 11.2. The number of ether oxygens (including phenoxy) is 1. The quantitative estimate of drug-likeness (QED) is 0.294. The lowest BCUT2D eigenvalue weighted by Gasteiger charge is -2.34. The zero-order valence-corrected chi connectivity index (χ0v) is 21.4. The highest BCUT2D eigenvalue weighted by molar-refractivity contribution is 14.0. The summed E-state index contributed by atoms with van der Waals surface area (Å²) < 4.78 is 6.08. The minimum Gasteiger partial charge on any atom is -0.489 e. The van der Waals surface area contributed by atoms with Crippen molar-refractivity contribution in [3.8, 4) is 5.75 Å². The van der Waals surface area contributed by atoms with Gasteiger partial charge in [0.2, 0.25) is 5.91 Å². The van der Waals surface area contributed by atoms with E-state index in [4.69, 9.17) is 9.73 Å². The molecule has 0 radical (unpaired) electrons. The number of guanidine groups is 1. The Balaban J connectivity index is 0.00000363. The number of halogens is 1. The van der Waals surface area contributed by atoms with E-state index < -0.39 is 0 Å². The lowest BCUT2D eigenvalue weighted by Crippen LogP contribution is -2.46. The molecule has 1 saturated heterocycles. The predicted molar refractivity (Wildman–Crippen MR) is 140 cm³/mol. The zero-order chi connectivity index (χ0) is 21.9. The maximum Gasteiger partial charge on any atom is 0.220 e. The Bertz CT molecular complexity index is 852. The van der Waals surface area contributed by atoms with Gasteiger partial charge in [0.1, 0.15) is 12.4 Å². The molecule has 1 heterocycles. The highest BCUT2D eigenvalue weighted by Gasteiger charge is 2.23. The first kappa shape index (κ1) is 26.0. The van der Waals surface area contributed by atoms with Crippen LogP contribution in [0.3, 0.4) is 0 Å². The van der Waals surface area contributed by atoms with E-state index in [1.54, 1.807) is 7.05 Å². The average molecular weight is 550 g/mol. The minimum absolute atomic E-state index is 0. The van der Waals surface area contributed by atoms with Crippen molar-refractivity contribution < 1.29 is 9.53 Å². The van der Waals surface area contributed by atoms with Gasteiger partial charge in [0.05, 0.1) is 6.54 Å². The zero-order valence-electron chi connectivity index (χ0n) is 19.0. The number of nitrogens with one attached hydrogen (secondary N) is 2. The molecule has 0 aliphatic carbocycles. The van der Waals surface area contributed by atoms with E-state index in [1.165, 1.54) is 0 Å². The molecule has 0 bridgehead atoms. The Morgan fingerprint density at radius 2 is 1.78 bits per heavy atom. The van der Waals surface area contributed by atoms with Crippen molar-refractivity contribution in [1.82, 2.24) is 15.5 Å². The molecule has 1 amide bonds. The van der Waals surface area contributed by atoms with Gasteiger partial charge >= 0.3 is 0 Å². The Kier molecular flexibility index (Phi) is 11.3. The van der Waals surface area contributed by atoms with Gasteiger partial charge in [-0.2, -0.15) is 0 Å². The number of para-hydroxylation sites is 1. The van der Waals surface area contributed by atoms with Gasteiger partial charge in [-0.15, -0.1) is 24.0 Å². The van der Waals surface area contributed by atoms with Crippen molar-refractivity contribution in [2.45, 2.75) is 39.3 Å². The molecule has 7 heteroatoms. The van der Waals surface area contributed by atoms with Gasteiger partial charge in [0.25, 0.3) is 0 Å². The van der Waals surface area contributed by atoms with E-state index in [1.807, 2.05) is 36.4 Å². The second-order valence-corrected chi connectivity index (χ2v) is 7.86. The highest BCUT2D eigenvalue weighted by atomic mass is 127. The van der Waals surface area contributed by atoms with E-state index in [-0.39, 0.29) is 29.9 Å². The summed E-state index contributed by atoms with van der Waals surface area (Å²) in [6, 6.07) is 18.3. The summed E-state index contributed by atoms with van der Waals surface area (Å²) in [7, 11) is 1.70. The number of piperidine rings is 1. The molecule has 6 nitrogen and oxygen atoms in total. The Hall–Kier alpha value is -2.29. The van der Waals surface area contributed by atoms with Crippen LogP contribution in [0.25, 0.3) is 0 Å². The summed E-state index contributed by atoms with van der Waals surface area (Å²) in [5, 5.41) is 6.15. The largest absolute Gasteiger partial charge is 0.489 e. The number of hydrogen-bond donors (Lipinski definition) is 2. The molecular formula is C25H35IN4O2. The first-order valence-corrected chi connectivity index (χ1v) is 11.2. The SMILES string of the molecule is CCNC(=NCc1ccccc1OCc1ccccc1)N1CCC(CC(=O)NC)CC1.I. The topological polar surface area (TPSA) is 66.0 Å². The van der Waals surface area contributed by atoms with Gasteiger partial charge in [-0.05, 0) is 37.3 Å². The van der Waals surface area contributed by atoms with E-state index in [2.05, 4.69) is 40.7 Å². The summed E-state index contributed by atoms with van der Waals surface area (Å²) in [5.74, 6) is 2.38. The summed E-state index contributed by atoms with van der Waals surface area (Å²) >= 11 is 0. The number of likely N-dealkylation sites (tertiary alicyclic amines) is 1. The van der Waals surface area contributed by atoms with Crippen LogP contribution in [0, 0.1) is 5.92 Å². The molecule has 0 saturated carbocycles. The van der Waals surface area contributed by atoms with E-state index in [9.17, 15) is 4.79 Å². The van der Waals surface area contributed by atoms with Crippen LogP contribution >= 0.6 is 24.0 Å². The number of benzene rings is 2. The highest BCUT2D eigenvalue weighted by Crippen LogP contribution is 2.22. The summed E-state index contributed by atoms with van der Waals surface area (Å²) in [5.41, 5.74) is 2.22. The molecule has 1 aliphatic heterocycles. The fourth-order valence-corrected chi connectivity index (χ4v) is 3.81. The molecular weight excluding hydrogens is 515 g/mol. The molecule has 2 aromatic carbocycles. The van der Waals surface area contributed by atoms with Crippen LogP contribution in [0.5, 0.6) is 5.75 Å². The van der Waals surface area contributed by atoms with Crippen LogP contribution < -0.4 is 15.4 Å². The molecule has 3 rings (SSSR count). The van der Waals surface area contributed by atoms with Crippen molar-refractivity contribution in [3.05, 3.63) is 65.7 Å². The number of carbonyl (C=O) groups is 1. The average Bonchev–Trinajstić information content (AvgIpc) is 2.82. The smallest absolute Gasteiger partial charge is 0.220 e. The molecule has 1 aliphatic rings. The number of carbonyl (C=O) groups excluding carboxylic acids is 1. The number of amides is 1. The summed E-state index contributed by atoms with van der Waals surface area (Å²) in [6.07, 6.45) is 2.63. The Labute approximate surface area is 208 Å². The van der Waals surface area contributed by atoms with Gasteiger partial charge < -0.3 is 20.3 Å². The minimum atomic E-state index is 0. The summed E-state index contributed by atoms with van der Waals surface area (Å²) in [4.78, 5) is 18.9. The molecule has 32 heavy (non-hydrogen) atoms. The van der Waals surface area contributed by atoms with Gasteiger partial charge in [-0.1, -0.05) is 48.5 Å². The molecule has 0 unspecified atom stereocenters. The maximum atomic E-state index is 11.7. The van der Waals surface area contributed by atoms with Crippen LogP contribution in [0.2, 0.25) is 0 Å². The van der Waals surface area contributed by atoms with E-state index >= 15 is 0 Å². The van der Waals surface area contributed by atoms with Gasteiger partial charge in [0, 0.05) is 38.7 Å². The molecule has 2 N–H and O–H groups in total. The molecule has 2 aromatic rings. The van der Waals surface area contributed by atoms with Crippen molar-refractivity contribution in [3.63, 3.8) is 0 Å². The normalized spacial score (nSPS) is 14.4. The van der Waals surface area contributed by atoms with Crippen LogP contribution in [-0.4, -0.2) is 43.4 Å². The van der Waals surface area contributed by atoms with Crippen molar-refractivity contribution in [2.24, 2.45) is 10.9 Å². The van der Waals surface area contributed by atoms with E-state index in [0.717, 1.165) is 55.3 Å². The van der Waals surface area contributed by atoms with Crippen LogP contribution in [0.1, 0.15) is 37.3 Å². The number of aliphatic imine (C=N–C) groups is 1. The number of hydrogen-bond acceptors (Lipinski definition) is 3. The third-order valence-corrected chi connectivity index (χ3v) is 5.61. The predicted octanol–water partition coefficient (Wildman–Crippen LogP) is 4.20. The van der Waals surface area contributed by atoms with Crippen molar-refractivity contribution in [2.75, 3.05) is 26.7 Å². The second kappa shape index (κ2) is 14.0. The lowest BCUT2D eigenvalue weighted by atomic mass is 9.93. The molecule has 0 atom stereocenters. The standard InChI is InChI=1S/C25H34N4O2.HI/c1-3-27-25(29-15-13-20(14-16-29)17-24(30)26-2)28-18-22-11-7-8-12-23(22)31-19-21-9-5-4-6-10-21;/h4-12,20H,3,13-19H2,1-2H3,(H,26,30)(H,27,28);1H. The first-order chi connectivity index (χ1) is 15.2. The van der Waals surface area contributed by atoms with Crippen molar-refractivity contribution in [1.29, 1.82) is 0 Å². The second-order valence-electron chi connectivity index (χ2n) is 7.86. The van der Waals surface area contributed by atoms with Gasteiger partial charge in [0.15, 0.2) is 5.96 Å². The molecule has 1 fully saturated rings. The van der Waals surface area contributed by atoms with Crippen molar-refractivity contribution >= 4 is 35.8 Å². The Morgan fingerprint density at radius 3 is 2.47 bits per heavy atom. The molecule has 174 valence electrons. The fourth-order valence-electron chi connectivity index (χ4n) is 3.81. The molecule has 0 aromatic heterocycles. The number of rotatable bonds is 8. The van der Waals surface area contributed by atoms with Crippen LogP contribution in [0.15, 0.2) is 59.6 Å². The third kappa shape index (κ3) is 8.00. The van der Waals surface area contributed by atoms with Gasteiger partial charge in [-0.3, -0.25) is 4.79 Å². The van der Waals surface area contributed by atoms with Crippen LogP contribution in [-0.2, 0) is 17.9 Å². The third-order valence-electron chi connectivity index (χ3n) is 5.61.